The maximum atomic E-state index is 2.09. The summed E-state index contributed by atoms with van der Waals surface area (Å²) in [6, 6.07) is 0. The van der Waals surface area contributed by atoms with Gasteiger partial charge in [-0.05, 0) is 0 Å². The Hall–Kier alpha value is 0.679. The summed E-state index contributed by atoms with van der Waals surface area (Å²) in [7, 11) is 0. The van der Waals surface area contributed by atoms with E-state index < -0.39 is 0 Å². The number of hydrogen-bond acceptors (Lipinski definition) is 0. The minimum absolute atomic E-state index is 0. The summed E-state index contributed by atoms with van der Waals surface area (Å²) in [5.74, 6) is 0. The average Bonchev–Trinajstić information content (AvgIpc) is 1.00. The van der Waals surface area contributed by atoms with E-state index in [0.717, 1.165) is 0 Å². The van der Waals surface area contributed by atoms with Crippen LogP contribution in [0.5, 0.6) is 0 Å². The van der Waals surface area contributed by atoms with Crippen molar-refractivity contribution in [3.05, 3.63) is 0 Å². The summed E-state index contributed by atoms with van der Waals surface area (Å²) in [5.41, 5.74) is 0. The van der Waals surface area contributed by atoms with E-state index in [-0.39, 0.29) is 16.4 Å². The topological polar surface area (TPSA) is 94.5 Å². The fraction of sp³-hybridized carbons (Fsp3) is 1.00. The van der Waals surface area contributed by atoms with Gasteiger partial charge in [0.15, 0.2) is 0 Å². The van der Waals surface area contributed by atoms with Gasteiger partial charge in [0.1, 0.15) is 0 Å². The van der Waals surface area contributed by atoms with E-state index in [1.54, 1.807) is 22.5 Å². The van der Waals surface area contributed by atoms with Gasteiger partial charge in [-0.25, -0.2) is 0 Å². The first kappa shape index (κ1) is 44.1. The minimum atomic E-state index is 0. The van der Waals surface area contributed by atoms with Crippen LogP contribution in [0.4, 0.5) is 0 Å². The molecule has 0 heterocycles. The average molecular weight is 188 g/mol. The Morgan fingerprint density at radius 3 is 0.800 bits per heavy atom. The van der Waals surface area contributed by atoms with Gasteiger partial charge in [0.2, 0.25) is 0 Å². The molecule has 0 rings (SSSR count). The molecule has 35 valence electrons. The summed E-state index contributed by atoms with van der Waals surface area (Å²) >= 11 is 1.55. The SMILES string of the molecule is O.O.O.[CH3][Sn]. The zero-order chi connectivity index (χ0) is 2.00. The van der Waals surface area contributed by atoms with Gasteiger partial charge in [-0.1, -0.05) is 0 Å². The zero-order valence-electron chi connectivity index (χ0n) is 3.00. The molecular formula is CH9O3Sn. The molecule has 0 atom stereocenters. The monoisotopic (exact) mass is 189 g/mol. The molecule has 0 amide bonds. The van der Waals surface area contributed by atoms with Gasteiger partial charge in [-0.15, -0.1) is 0 Å². The Balaban J connectivity index is -0.00000000167. The summed E-state index contributed by atoms with van der Waals surface area (Å²) in [4.78, 5) is 2.09. The van der Waals surface area contributed by atoms with Gasteiger partial charge in [0, 0.05) is 0 Å². The van der Waals surface area contributed by atoms with Crippen molar-refractivity contribution < 1.29 is 16.4 Å². The molecular weight excluding hydrogens is 179 g/mol. The molecule has 0 aromatic rings. The van der Waals surface area contributed by atoms with E-state index in [0.29, 0.717) is 0 Å². The fourth-order valence-electron chi connectivity index (χ4n) is 0. The van der Waals surface area contributed by atoms with Gasteiger partial charge < -0.3 is 16.4 Å². The van der Waals surface area contributed by atoms with Crippen molar-refractivity contribution in [1.82, 2.24) is 0 Å². The van der Waals surface area contributed by atoms with Crippen LogP contribution in [-0.4, -0.2) is 39.0 Å². The Labute approximate surface area is 44.4 Å². The molecule has 0 aliphatic carbocycles. The molecule has 3 nitrogen and oxygen atoms in total. The van der Waals surface area contributed by atoms with Crippen molar-refractivity contribution in [2.24, 2.45) is 0 Å². The molecule has 0 aromatic carbocycles. The quantitative estimate of drug-likeness (QED) is 0.383. The van der Waals surface area contributed by atoms with E-state index >= 15 is 0 Å². The van der Waals surface area contributed by atoms with Crippen LogP contribution >= 0.6 is 0 Å². The Kier molecular flexibility index (Phi) is 1210. The number of rotatable bonds is 0. The van der Waals surface area contributed by atoms with Crippen molar-refractivity contribution in [1.29, 1.82) is 0 Å². The second kappa shape index (κ2) is 137. The van der Waals surface area contributed by atoms with Crippen molar-refractivity contribution in [2.45, 2.75) is 4.94 Å². The summed E-state index contributed by atoms with van der Waals surface area (Å²) in [6.07, 6.45) is 0. The molecule has 5 heavy (non-hydrogen) atoms. The Morgan fingerprint density at radius 1 is 0.800 bits per heavy atom. The predicted octanol–water partition coefficient (Wildman–Crippen LogP) is -2.27. The predicted molar refractivity (Wildman–Crippen MR) is 22.5 cm³/mol. The van der Waals surface area contributed by atoms with Crippen LogP contribution in [0.25, 0.3) is 0 Å². The molecule has 0 aliphatic rings. The second-order valence-corrected chi connectivity index (χ2v) is 0. The first-order valence-electron chi connectivity index (χ1n) is 0.500. The Bertz CT molecular complexity index is 6.85. The molecule has 3 radical (unpaired) electrons. The normalized spacial score (nSPS) is 1.20. The molecule has 0 aromatic heterocycles. The first-order valence-corrected chi connectivity index (χ1v) is 3.35. The molecule has 0 aliphatic heterocycles. The van der Waals surface area contributed by atoms with E-state index in [2.05, 4.69) is 4.94 Å². The molecule has 0 bridgehead atoms. The van der Waals surface area contributed by atoms with Crippen LogP contribution in [0.15, 0.2) is 0 Å². The molecule has 0 saturated heterocycles. The molecule has 0 unspecified atom stereocenters. The third-order valence-electron chi connectivity index (χ3n) is 0. The van der Waals surface area contributed by atoms with Crippen molar-refractivity contribution in [2.75, 3.05) is 0 Å². The molecule has 4 heteroatoms. The molecule has 0 saturated carbocycles. The Morgan fingerprint density at radius 2 is 0.800 bits per heavy atom. The van der Waals surface area contributed by atoms with Crippen molar-refractivity contribution in [3.8, 4) is 0 Å². The van der Waals surface area contributed by atoms with Gasteiger partial charge in [0.25, 0.3) is 0 Å². The standard InChI is InChI=1S/CH3.3H2O.Sn/h1H3;3*1H2;. The van der Waals surface area contributed by atoms with Gasteiger partial charge in [0.05, 0.1) is 0 Å². The summed E-state index contributed by atoms with van der Waals surface area (Å²) in [5, 5.41) is 0. The van der Waals surface area contributed by atoms with E-state index in [9.17, 15) is 0 Å². The van der Waals surface area contributed by atoms with E-state index in [1.165, 1.54) is 0 Å². The van der Waals surface area contributed by atoms with Crippen molar-refractivity contribution >= 4 is 22.5 Å². The third kappa shape index (κ3) is 72.9. The third-order valence-corrected chi connectivity index (χ3v) is 0. The van der Waals surface area contributed by atoms with Crippen LogP contribution in [0.2, 0.25) is 4.94 Å². The van der Waals surface area contributed by atoms with Gasteiger partial charge in [-0.3, -0.25) is 0 Å². The summed E-state index contributed by atoms with van der Waals surface area (Å²) < 4.78 is 0. The molecule has 6 N–H and O–H groups in total. The number of hydrogen-bond donors (Lipinski definition) is 0. The van der Waals surface area contributed by atoms with Crippen LogP contribution < -0.4 is 0 Å². The van der Waals surface area contributed by atoms with Gasteiger partial charge in [-0.2, -0.15) is 0 Å². The van der Waals surface area contributed by atoms with Crippen LogP contribution in [0.3, 0.4) is 0 Å². The van der Waals surface area contributed by atoms with E-state index in [4.69, 9.17) is 0 Å². The second-order valence-electron chi connectivity index (χ2n) is 0. The fourth-order valence-corrected chi connectivity index (χ4v) is 0. The maximum absolute atomic E-state index is 2.09. The van der Waals surface area contributed by atoms with Gasteiger partial charge >= 0.3 is 27.5 Å². The van der Waals surface area contributed by atoms with Crippen LogP contribution in [-0.2, 0) is 0 Å². The van der Waals surface area contributed by atoms with Crippen molar-refractivity contribution in [3.63, 3.8) is 0 Å². The van der Waals surface area contributed by atoms with E-state index in [1.807, 2.05) is 0 Å². The van der Waals surface area contributed by atoms with Crippen LogP contribution in [0.1, 0.15) is 0 Å². The summed E-state index contributed by atoms with van der Waals surface area (Å²) in [6.45, 7) is 0. The van der Waals surface area contributed by atoms with Crippen LogP contribution in [0, 0.1) is 0 Å². The zero-order valence-corrected chi connectivity index (χ0v) is 5.85. The molecule has 0 fully saturated rings. The molecule has 0 spiro atoms. The first-order chi connectivity index (χ1) is 1.00.